The number of fused-ring (bicyclic) bond motifs is 1. The van der Waals surface area contributed by atoms with Gasteiger partial charge in [0.1, 0.15) is 12.1 Å². The molecule has 0 aromatic heterocycles. The van der Waals surface area contributed by atoms with Gasteiger partial charge in [0.05, 0.1) is 16.8 Å². The first-order chi connectivity index (χ1) is 16.7. The van der Waals surface area contributed by atoms with E-state index in [4.69, 9.17) is 10.5 Å². The Kier molecular flexibility index (Phi) is 7.10. The van der Waals surface area contributed by atoms with Crippen LogP contribution in [0.15, 0.2) is 18.2 Å². The minimum absolute atomic E-state index is 0.0310. The Labute approximate surface area is 201 Å². The number of benzene rings is 1. The van der Waals surface area contributed by atoms with Crippen molar-refractivity contribution >= 4 is 41.3 Å². The van der Waals surface area contributed by atoms with Gasteiger partial charge in [-0.25, -0.2) is 4.79 Å². The summed E-state index contributed by atoms with van der Waals surface area (Å²) in [7, 11) is 0. The van der Waals surface area contributed by atoms with E-state index in [-0.39, 0.29) is 48.1 Å². The Bertz CT molecular complexity index is 1080. The van der Waals surface area contributed by atoms with Gasteiger partial charge in [-0.15, -0.1) is 0 Å². The largest absolute Gasteiger partial charge is 0.446 e. The summed E-state index contributed by atoms with van der Waals surface area (Å²) in [6.45, 7) is 2.15. The average molecular weight is 485 g/mol. The summed E-state index contributed by atoms with van der Waals surface area (Å²) < 4.78 is 5.01. The molecule has 4 N–H and O–H groups in total. The van der Waals surface area contributed by atoms with Crippen molar-refractivity contribution in [3.05, 3.63) is 29.3 Å². The second-order valence-corrected chi connectivity index (χ2v) is 8.80. The van der Waals surface area contributed by atoms with Gasteiger partial charge >= 0.3 is 6.09 Å². The molecule has 1 aromatic rings. The van der Waals surface area contributed by atoms with Gasteiger partial charge in [-0.2, -0.15) is 0 Å². The molecular formula is C23H27N5O7. The smallest absolute Gasteiger partial charge is 0.404 e. The van der Waals surface area contributed by atoms with E-state index < -0.39 is 35.8 Å². The van der Waals surface area contributed by atoms with Crippen LogP contribution in [-0.4, -0.2) is 77.2 Å². The topological polar surface area (TPSA) is 168 Å². The number of rotatable bonds is 7. The number of carbonyl (C=O) groups excluding carboxylic acids is 6. The van der Waals surface area contributed by atoms with Crippen LogP contribution in [-0.2, 0) is 19.1 Å². The molecule has 3 aliphatic rings. The van der Waals surface area contributed by atoms with Crippen LogP contribution >= 0.6 is 0 Å². The lowest BCUT2D eigenvalue weighted by Gasteiger charge is -2.31. The number of hydrogen-bond acceptors (Lipinski definition) is 8. The molecule has 12 heteroatoms. The number of primary amides is 1. The molecule has 0 spiro atoms. The number of likely N-dealkylation sites (tertiary alicyclic amines) is 1. The van der Waals surface area contributed by atoms with E-state index in [0.29, 0.717) is 25.8 Å². The number of piperidine rings is 2. The molecule has 0 saturated carbocycles. The highest BCUT2D eigenvalue weighted by Gasteiger charge is 2.45. The molecule has 0 bridgehead atoms. The van der Waals surface area contributed by atoms with Crippen LogP contribution in [0.5, 0.6) is 0 Å². The summed E-state index contributed by atoms with van der Waals surface area (Å²) in [5.41, 5.74) is 5.42. The normalized spacial score (nSPS) is 21.0. The quantitative estimate of drug-likeness (QED) is 0.465. The van der Waals surface area contributed by atoms with E-state index in [0.717, 1.165) is 18.0 Å². The van der Waals surface area contributed by atoms with E-state index in [1.165, 1.54) is 6.07 Å². The highest BCUT2D eigenvalue weighted by atomic mass is 16.6. The minimum Gasteiger partial charge on any atom is -0.446 e. The van der Waals surface area contributed by atoms with Gasteiger partial charge in [0.25, 0.3) is 11.8 Å². The molecule has 186 valence electrons. The molecule has 35 heavy (non-hydrogen) atoms. The fourth-order valence-electron chi connectivity index (χ4n) is 4.71. The molecule has 1 atom stereocenters. The number of anilines is 1. The first-order valence-corrected chi connectivity index (χ1v) is 11.6. The van der Waals surface area contributed by atoms with Crippen molar-refractivity contribution in [2.45, 2.75) is 50.7 Å². The third-order valence-electron chi connectivity index (χ3n) is 6.44. The van der Waals surface area contributed by atoms with E-state index in [1.807, 2.05) is 0 Å². The zero-order valence-corrected chi connectivity index (χ0v) is 19.1. The Morgan fingerprint density at radius 2 is 1.83 bits per heavy atom. The second kappa shape index (κ2) is 10.2. The Morgan fingerprint density at radius 3 is 2.51 bits per heavy atom. The predicted octanol–water partition coefficient (Wildman–Crippen LogP) is 0.366. The monoisotopic (exact) mass is 485 g/mol. The van der Waals surface area contributed by atoms with Crippen molar-refractivity contribution in [1.82, 2.24) is 15.1 Å². The molecule has 3 aliphatic heterocycles. The molecule has 0 aliphatic carbocycles. The van der Waals surface area contributed by atoms with Gasteiger partial charge in [-0.1, -0.05) is 6.07 Å². The Balaban J connectivity index is 1.32. The average Bonchev–Trinajstić information content (AvgIpc) is 3.06. The molecule has 3 heterocycles. The van der Waals surface area contributed by atoms with Crippen molar-refractivity contribution in [3.8, 4) is 0 Å². The van der Waals surface area contributed by atoms with Crippen LogP contribution in [0, 0.1) is 0 Å². The van der Waals surface area contributed by atoms with Crippen molar-refractivity contribution < 1.29 is 33.5 Å². The highest BCUT2D eigenvalue weighted by Crippen LogP contribution is 2.32. The van der Waals surface area contributed by atoms with E-state index in [9.17, 15) is 28.8 Å². The van der Waals surface area contributed by atoms with Crippen molar-refractivity contribution in [2.75, 3.05) is 25.0 Å². The number of carbonyl (C=O) groups is 6. The van der Waals surface area contributed by atoms with Gasteiger partial charge in [0.15, 0.2) is 0 Å². The molecule has 2 fully saturated rings. The lowest BCUT2D eigenvalue weighted by atomic mass is 10.0. The van der Waals surface area contributed by atoms with Crippen molar-refractivity contribution in [2.24, 2.45) is 5.73 Å². The number of ether oxygens (including phenoxy) is 1. The highest BCUT2D eigenvalue weighted by molar-refractivity contribution is 6.26. The first kappa shape index (κ1) is 24.3. The number of imide groups is 2. The van der Waals surface area contributed by atoms with Gasteiger partial charge in [0.2, 0.25) is 17.7 Å². The maximum atomic E-state index is 13.1. The van der Waals surface area contributed by atoms with Crippen LogP contribution in [0.25, 0.3) is 0 Å². The lowest BCUT2D eigenvalue weighted by molar-refractivity contribution is -0.136. The van der Waals surface area contributed by atoms with Crippen LogP contribution in [0.1, 0.15) is 59.2 Å². The second-order valence-electron chi connectivity index (χ2n) is 8.80. The standard InChI is InChI=1S/C23H27N5O7/c24-23(34)35-13-8-11-27(12-9-13)10-2-5-17(29)25-15-4-1-3-14-19(15)22(33)28(21(14)32)16-6-7-18(30)26-20(16)31/h1,3-4,13,16H,2,5-12H2,(H2,24,34)(H,25,29)(H,26,30,31). The molecule has 4 rings (SSSR count). The summed E-state index contributed by atoms with van der Waals surface area (Å²) in [5.74, 6) is -2.73. The van der Waals surface area contributed by atoms with Crippen LogP contribution in [0.3, 0.4) is 0 Å². The zero-order valence-electron chi connectivity index (χ0n) is 19.1. The predicted molar refractivity (Wildman–Crippen MR) is 121 cm³/mol. The van der Waals surface area contributed by atoms with Crippen LogP contribution < -0.4 is 16.4 Å². The maximum absolute atomic E-state index is 13.1. The Morgan fingerprint density at radius 1 is 1.09 bits per heavy atom. The van der Waals surface area contributed by atoms with E-state index in [2.05, 4.69) is 15.5 Å². The van der Waals surface area contributed by atoms with E-state index >= 15 is 0 Å². The van der Waals surface area contributed by atoms with E-state index in [1.54, 1.807) is 12.1 Å². The third kappa shape index (κ3) is 5.32. The van der Waals surface area contributed by atoms with Gasteiger partial charge in [0, 0.05) is 25.9 Å². The number of hydrogen-bond donors (Lipinski definition) is 3. The molecule has 2 saturated heterocycles. The zero-order chi connectivity index (χ0) is 25.1. The summed E-state index contributed by atoms with van der Waals surface area (Å²) in [6, 6.07) is 3.51. The number of nitrogens with zero attached hydrogens (tertiary/aromatic N) is 2. The molecule has 6 amide bonds. The number of nitrogens with one attached hydrogen (secondary N) is 2. The fraction of sp³-hybridized carbons (Fsp3) is 0.478. The van der Waals surface area contributed by atoms with Crippen LogP contribution in [0.4, 0.5) is 10.5 Å². The molecular weight excluding hydrogens is 458 g/mol. The lowest BCUT2D eigenvalue weighted by Crippen LogP contribution is -2.54. The molecule has 1 aromatic carbocycles. The molecule has 1 unspecified atom stereocenters. The third-order valence-corrected chi connectivity index (χ3v) is 6.44. The number of nitrogens with two attached hydrogens (primary N) is 1. The Hall–Kier alpha value is -3.80. The van der Waals surface area contributed by atoms with Crippen molar-refractivity contribution in [3.63, 3.8) is 0 Å². The maximum Gasteiger partial charge on any atom is 0.404 e. The summed E-state index contributed by atoms with van der Waals surface area (Å²) in [4.78, 5) is 76.1. The minimum atomic E-state index is -1.07. The van der Waals surface area contributed by atoms with Gasteiger partial charge in [-0.3, -0.25) is 34.2 Å². The molecule has 12 nitrogen and oxygen atoms in total. The summed E-state index contributed by atoms with van der Waals surface area (Å²) >= 11 is 0. The number of amides is 6. The van der Waals surface area contributed by atoms with Crippen molar-refractivity contribution in [1.29, 1.82) is 0 Å². The van der Waals surface area contributed by atoms with Gasteiger partial charge in [-0.05, 0) is 44.4 Å². The summed E-state index contributed by atoms with van der Waals surface area (Å²) in [5, 5.41) is 4.87. The summed E-state index contributed by atoms with van der Waals surface area (Å²) in [6.07, 6.45) is 1.31. The molecule has 0 radical (unpaired) electrons. The fourth-order valence-corrected chi connectivity index (χ4v) is 4.71. The van der Waals surface area contributed by atoms with Gasteiger partial charge < -0.3 is 20.7 Å². The van der Waals surface area contributed by atoms with Crippen LogP contribution in [0.2, 0.25) is 0 Å². The first-order valence-electron chi connectivity index (χ1n) is 11.6. The SMILES string of the molecule is NC(=O)OC1CCN(CCCC(=O)Nc2cccc3c2C(=O)N(C2CCC(=O)NC2=O)C3=O)CC1.